The molecule has 0 spiro atoms. The summed E-state index contributed by atoms with van der Waals surface area (Å²) in [6.07, 6.45) is 1.59. The number of hydrazone groups is 1. The average Bonchev–Trinajstić information content (AvgIpc) is 3.03. The quantitative estimate of drug-likeness (QED) is 0.745. The van der Waals surface area contributed by atoms with E-state index in [2.05, 4.69) is 10.1 Å². The Balaban J connectivity index is 1.72. The second-order valence-corrected chi connectivity index (χ2v) is 7.26. The Morgan fingerprint density at radius 2 is 1.92 bits per heavy atom. The molecule has 2 heterocycles. The summed E-state index contributed by atoms with van der Waals surface area (Å²) >= 11 is 13.4. The molecule has 0 saturated heterocycles. The summed E-state index contributed by atoms with van der Waals surface area (Å²) in [6, 6.07) is 14.3. The molecule has 26 heavy (non-hydrogen) atoms. The molecule has 0 radical (unpaired) electrons. The minimum atomic E-state index is -0.482. The molecule has 1 N–H and O–H groups in total. The zero-order valence-corrected chi connectivity index (χ0v) is 15.4. The maximum Gasteiger partial charge on any atom is 0.283 e. The first kappa shape index (κ1) is 17.0. The normalized spacial score (nSPS) is 18.1. The molecule has 2 aromatic carbocycles. The van der Waals surface area contributed by atoms with Crippen molar-refractivity contribution in [2.45, 2.75) is 0 Å². The first-order chi connectivity index (χ1) is 12.5. The van der Waals surface area contributed by atoms with Gasteiger partial charge in [-0.05, 0) is 41.6 Å². The third kappa shape index (κ3) is 3.07. The summed E-state index contributed by atoms with van der Waals surface area (Å²) in [4.78, 5) is 16.5. The number of rotatable bonds is 2. The van der Waals surface area contributed by atoms with Crippen LogP contribution in [0, 0.1) is 5.41 Å². The Hall–Kier alpha value is -2.41. The van der Waals surface area contributed by atoms with Gasteiger partial charge >= 0.3 is 0 Å². The molecule has 1 amide bonds. The molecule has 2 aliphatic rings. The number of benzene rings is 2. The SMILES string of the molecule is N=C1/C(=C/c2cccc(Cl)c2)C(=O)N=C2SC(c3ccccc3Cl)=NN12. The maximum atomic E-state index is 12.4. The first-order valence-electron chi connectivity index (χ1n) is 7.53. The molecular weight excluding hydrogens is 391 g/mol. The predicted octanol–water partition coefficient (Wildman–Crippen LogP) is 4.66. The fourth-order valence-corrected chi connectivity index (χ4v) is 3.91. The monoisotopic (exact) mass is 400 g/mol. The number of nitrogens with one attached hydrogen (secondary N) is 1. The van der Waals surface area contributed by atoms with Crippen LogP contribution in [0.15, 0.2) is 64.2 Å². The second kappa shape index (κ2) is 6.72. The molecule has 0 saturated carbocycles. The Bertz CT molecular complexity index is 1040. The Kier molecular flexibility index (Phi) is 4.40. The van der Waals surface area contributed by atoms with E-state index in [1.54, 1.807) is 36.4 Å². The van der Waals surface area contributed by atoms with Gasteiger partial charge in [-0.2, -0.15) is 15.1 Å². The number of carbonyl (C=O) groups excluding carboxylic acids is 1. The summed E-state index contributed by atoms with van der Waals surface area (Å²) < 4.78 is 0. The van der Waals surface area contributed by atoms with Gasteiger partial charge in [0.15, 0.2) is 5.84 Å². The summed E-state index contributed by atoms with van der Waals surface area (Å²) in [5.74, 6) is -0.515. The van der Waals surface area contributed by atoms with Crippen molar-refractivity contribution in [3.05, 3.63) is 75.3 Å². The minimum Gasteiger partial charge on any atom is -0.282 e. The van der Waals surface area contributed by atoms with Crippen LogP contribution in [0.2, 0.25) is 10.0 Å². The molecule has 8 heteroatoms. The molecule has 0 unspecified atom stereocenters. The van der Waals surface area contributed by atoms with Crippen LogP contribution in [0.3, 0.4) is 0 Å². The molecule has 5 nitrogen and oxygen atoms in total. The van der Waals surface area contributed by atoms with Crippen LogP contribution in [0.4, 0.5) is 0 Å². The lowest BCUT2D eigenvalue weighted by Gasteiger charge is -2.20. The molecule has 0 atom stereocenters. The van der Waals surface area contributed by atoms with Crippen LogP contribution in [0.5, 0.6) is 0 Å². The minimum absolute atomic E-state index is 0.0328. The Labute approximate surface area is 163 Å². The Morgan fingerprint density at radius 3 is 2.69 bits per heavy atom. The van der Waals surface area contributed by atoms with Gasteiger partial charge in [0.1, 0.15) is 5.04 Å². The molecule has 2 aliphatic heterocycles. The fraction of sp³-hybridized carbons (Fsp3) is 0. The third-order valence-electron chi connectivity index (χ3n) is 3.72. The van der Waals surface area contributed by atoms with Crippen molar-refractivity contribution in [1.29, 1.82) is 5.41 Å². The van der Waals surface area contributed by atoms with Gasteiger partial charge in [-0.15, -0.1) is 0 Å². The van der Waals surface area contributed by atoms with Crippen LogP contribution in [0.25, 0.3) is 6.08 Å². The number of aliphatic imine (C=N–C) groups is 1. The van der Waals surface area contributed by atoms with Crippen molar-refractivity contribution >= 4 is 63.0 Å². The van der Waals surface area contributed by atoms with E-state index in [0.29, 0.717) is 25.8 Å². The number of thioether (sulfide) groups is 1. The maximum absolute atomic E-state index is 12.4. The molecule has 0 fully saturated rings. The lowest BCUT2D eigenvalue weighted by atomic mass is 10.1. The van der Waals surface area contributed by atoms with E-state index >= 15 is 0 Å². The number of amidine groups is 2. The molecule has 0 aromatic heterocycles. The van der Waals surface area contributed by atoms with Gasteiger partial charge in [0.05, 0.1) is 10.6 Å². The van der Waals surface area contributed by atoms with Crippen molar-refractivity contribution in [2.75, 3.05) is 0 Å². The molecule has 4 rings (SSSR count). The highest BCUT2D eigenvalue weighted by molar-refractivity contribution is 8.27. The first-order valence-corrected chi connectivity index (χ1v) is 9.11. The van der Waals surface area contributed by atoms with E-state index in [4.69, 9.17) is 28.6 Å². The zero-order chi connectivity index (χ0) is 18.3. The molecule has 0 bridgehead atoms. The lowest BCUT2D eigenvalue weighted by molar-refractivity contribution is -0.114. The van der Waals surface area contributed by atoms with Gasteiger partial charge in [0.2, 0.25) is 5.17 Å². The standard InChI is InChI=1S/C18H10Cl2N4OS/c19-11-5-3-4-10(8-11)9-13-15(21)24-18(22-16(13)25)26-17(23-24)12-6-1-2-7-14(12)20/h1-9,21H/b13-9-,21-15?. The van der Waals surface area contributed by atoms with Crippen molar-refractivity contribution in [3.63, 3.8) is 0 Å². The van der Waals surface area contributed by atoms with E-state index in [1.807, 2.05) is 18.2 Å². The van der Waals surface area contributed by atoms with Crippen molar-refractivity contribution in [1.82, 2.24) is 5.01 Å². The molecule has 128 valence electrons. The van der Waals surface area contributed by atoms with E-state index in [1.165, 1.54) is 16.8 Å². The summed E-state index contributed by atoms with van der Waals surface area (Å²) in [7, 11) is 0. The van der Waals surface area contributed by atoms with Crippen LogP contribution in [-0.2, 0) is 4.79 Å². The van der Waals surface area contributed by atoms with Crippen molar-refractivity contribution in [2.24, 2.45) is 10.1 Å². The van der Waals surface area contributed by atoms with Crippen LogP contribution >= 0.6 is 35.0 Å². The van der Waals surface area contributed by atoms with E-state index < -0.39 is 5.91 Å². The number of amides is 1. The number of nitrogens with zero attached hydrogens (tertiary/aromatic N) is 3. The molecule has 0 aliphatic carbocycles. The number of hydrogen-bond acceptors (Lipinski definition) is 4. The van der Waals surface area contributed by atoms with Gasteiger partial charge in [-0.1, -0.05) is 53.5 Å². The predicted molar refractivity (Wildman–Crippen MR) is 107 cm³/mol. The zero-order valence-electron chi connectivity index (χ0n) is 13.1. The molecular formula is C18H10Cl2N4OS. The van der Waals surface area contributed by atoms with E-state index in [9.17, 15) is 4.79 Å². The van der Waals surface area contributed by atoms with Crippen molar-refractivity contribution in [3.8, 4) is 0 Å². The fourth-order valence-electron chi connectivity index (χ4n) is 2.50. The highest BCUT2D eigenvalue weighted by Gasteiger charge is 2.36. The van der Waals surface area contributed by atoms with Gasteiger partial charge in [0, 0.05) is 10.6 Å². The summed E-state index contributed by atoms with van der Waals surface area (Å²) in [5.41, 5.74) is 1.60. The van der Waals surface area contributed by atoms with Gasteiger partial charge in [-0.3, -0.25) is 10.2 Å². The smallest absolute Gasteiger partial charge is 0.282 e. The van der Waals surface area contributed by atoms with E-state index in [0.717, 1.165) is 5.56 Å². The number of halogens is 2. The molecule has 2 aromatic rings. The number of hydrogen-bond donors (Lipinski definition) is 1. The lowest BCUT2D eigenvalue weighted by Crippen LogP contribution is -2.35. The second-order valence-electron chi connectivity index (χ2n) is 5.46. The van der Waals surface area contributed by atoms with Crippen LogP contribution in [-0.4, -0.2) is 27.0 Å². The highest BCUT2D eigenvalue weighted by atomic mass is 35.5. The van der Waals surface area contributed by atoms with Gasteiger partial charge in [0.25, 0.3) is 5.91 Å². The van der Waals surface area contributed by atoms with Gasteiger partial charge < -0.3 is 0 Å². The number of fused-ring (bicyclic) bond motifs is 1. The Morgan fingerprint density at radius 1 is 1.12 bits per heavy atom. The van der Waals surface area contributed by atoms with Crippen LogP contribution in [0.1, 0.15) is 11.1 Å². The topological polar surface area (TPSA) is 68.9 Å². The number of carbonyl (C=O) groups is 1. The van der Waals surface area contributed by atoms with Crippen molar-refractivity contribution < 1.29 is 4.79 Å². The summed E-state index contributed by atoms with van der Waals surface area (Å²) in [6.45, 7) is 0. The largest absolute Gasteiger partial charge is 0.283 e. The summed E-state index contributed by atoms with van der Waals surface area (Å²) in [5, 5.41) is 16.2. The van der Waals surface area contributed by atoms with Crippen LogP contribution < -0.4 is 0 Å². The average molecular weight is 401 g/mol. The van der Waals surface area contributed by atoms with Gasteiger partial charge in [-0.25, -0.2) is 0 Å². The highest BCUT2D eigenvalue weighted by Crippen LogP contribution is 2.33. The van der Waals surface area contributed by atoms with E-state index in [-0.39, 0.29) is 11.4 Å². The third-order valence-corrected chi connectivity index (χ3v) is 5.22.